The number of halogens is 1. The van der Waals surface area contributed by atoms with Gasteiger partial charge < -0.3 is 10.6 Å². The molecule has 1 aliphatic rings. The standard InChI is InChI=1S/C25H28ClN3O3S/c1-5-7-19(6-2)17(3)27-25(30)28-24-11-10-22(13-23(24)26)33(31,32)16-18-8-9-20-14-29(4)15-21(20)12-18/h5-13,17H,1-2,14-16H2,3-4H3,(H2,27,28,30)/b19-7+. The first-order valence-electron chi connectivity index (χ1n) is 10.5. The van der Waals surface area contributed by atoms with Crippen LogP contribution >= 0.6 is 11.6 Å². The summed E-state index contributed by atoms with van der Waals surface area (Å²) in [7, 11) is -1.57. The number of benzene rings is 2. The first kappa shape index (κ1) is 24.8. The lowest BCUT2D eigenvalue weighted by atomic mass is 10.1. The lowest BCUT2D eigenvalue weighted by Crippen LogP contribution is -2.37. The van der Waals surface area contributed by atoms with Crippen LogP contribution in [0.25, 0.3) is 0 Å². The average Bonchev–Trinajstić information content (AvgIpc) is 3.12. The van der Waals surface area contributed by atoms with Crippen LogP contribution in [0.1, 0.15) is 23.6 Å². The molecule has 1 heterocycles. The summed E-state index contributed by atoms with van der Waals surface area (Å²) in [6.45, 7) is 10.9. The molecule has 0 aromatic heterocycles. The molecule has 1 unspecified atom stereocenters. The molecule has 0 bridgehead atoms. The number of nitrogens with one attached hydrogen (secondary N) is 2. The summed E-state index contributed by atoms with van der Waals surface area (Å²) < 4.78 is 25.9. The summed E-state index contributed by atoms with van der Waals surface area (Å²) >= 11 is 6.30. The maximum Gasteiger partial charge on any atom is 0.319 e. The quantitative estimate of drug-likeness (QED) is 0.512. The average molecular weight is 486 g/mol. The topological polar surface area (TPSA) is 78.5 Å². The molecule has 6 nitrogen and oxygen atoms in total. The van der Waals surface area contributed by atoms with Crippen molar-refractivity contribution in [1.29, 1.82) is 0 Å². The zero-order chi connectivity index (χ0) is 24.2. The minimum atomic E-state index is -3.61. The van der Waals surface area contributed by atoms with Gasteiger partial charge in [-0.2, -0.15) is 0 Å². The van der Waals surface area contributed by atoms with E-state index in [0.717, 1.165) is 29.8 Å². The fourth-order valence-corrected chi connectivity index (χ4v) is 5.42. The van der Waals surface area contributed by atoms with E-state index in [1.54, 1.807) is 18.2 Å². The van der Waals surface area contributed by atoms with E-state index in [2.05, 4.69) is 28.7 Å². The Morgan fingerprint density at radius 3 is 2.58 bits per heavy atom. The number of hydrogen-bond donors (Lipinski definition) is 2. The molecule has 174 valence electrons. The van der Waals surface area contributed by atoms with E-state index >= 15 is 0 Å². The lowest BCUT2D eigenvalue weighted by Gasteiger charge is -2.16. The summed E-state index contributed by atoms with van der Waals surface area (Å²) in [5, 5.41) is 5.57. The number of amides is 2. The second-order valence-electron chi connectivity index (χ2n) is 8.10. The van der Waals surface area contributed by atoms with Crippen LogP contribution in [-0.4, -0.2) is 32.4 Å². The highest BCUT2D eigenvalue weighted by molar-refractivity contribution is 7.90. The van der Waals surface area contributed by atoms with Gasteiger partial charge in [0, 0.05) is 13.1 Å². The van der Waals surface area contributed by atoms with E-state index < -0.39 is 15.9 Å². The zero-order valence-electron chi connectivity index (χ0n) is 18.8. The van der Waals surface area contributed by atoms with Crippen molar-refractivity contribution in [3.63, 3.8) is 0 Å². The Labute approximate surface area is 200 Å². The van der Waals surface area contributed by atoms with E-state index in [1.165, 1.54) is 23.8 Å². The number of rotatable bonds is 8. The normalized spacial score (nSPS) is 14.9. The lowest BCUT2D eigenvalue weighted by molar-refractivity contribution is 0.250. The van der Waals surface area contributed by atoms with Crippen molar-refractivity contribution in [2.45, 2.75) is 36.7 Å². The fourth-order valence-electron chi connectivity index (χ4n) is 3.76. The Hall–Kier alpha value is -2.87. The number of anilines is 1. The fraction of sp³-hybridized carbons (Fsp3) is 0.240. The molecule has 1 atom stereocenters. The number of sulfone groups is 1. The Morgan fingerprint density at radius 2 is 1.91 bits per heavy atom. The van der Waals surface area contributed by atoms with E-state index in [-0.39, 0.29) is 21.7 Å². The van der Waals surface area contributed by atoms with Crippen molar-refractivity contribution >= 4 is 33.2 Å². The molecule has 2 aromatic carbocycles. The van der Waals surface area contributed by atoms with Crippen LogP contribution in [0.5, 0.6) is 0 Å². The Bertz CT molecular complexity index is 1220. The van der Waals surface area contributed by atoms with Crippen molar-refractivity contribution in [3.05, 3.63) is 95.1 Å². The second-order valence-corrected chi connectivity index (χ2v) is 10.5. The molecule has 0 aliphatic carbocycles. The summed E-state index contributed by atoms with van der Waals surface area (Å²) in [6, 6.07) is 9.34. The van der Waals surface area contributed by atoms with Gasteiger partial charge in [0.15, 0.2) is 9.84 Å². The van der Waals surface area contributed by atoms with Gasteiger partial charge in [0.05, 0.1) is 27.4 Å². The molecule has 0 saturated heterocycles. The third kappa shape index (κ3) is 6.13. The predicted molar refractivity (Wildman–Crippen MR) is 134 cm³/mol. The van der Waals surface area contributed by atoms with Gasteiger partial charge in [-0.15, -0.1) is 0 Å². The van der Waals surface area contributed by atoms with E-state index in [1.807, 2.05) is 32.2 Å². The van der Waals surface area contributed by atoms with E-state index in [4.69, 9.17) is 11.6 Å². The molecule has 33 heavy (non-hydrogen) atoms. The van der Waals surface area contributed by atoms with Gasteiger partial charge in [-0.1, -0.05) is 61.2 Å². The smallest absolute Gasteiger partial charge is 0.319 e. The zero-order valence-corrected chi connectivity index (χ0v) is 20.3. The number of carbonyl (C=O) groups is 1. The number of carbonyl (C=O) groups excluding carboxylic acids is 1. The van der Waals surface area contributed by atoms with Gasteiger partial charge in [0.2, 0.25) is 0 Å². The number of allylic oxidation sites excluding steroid dienone is 2. The first-order chi connectivity index (χ1) is 15.6. The monoisotopic (exact) mass is 485 g/mol. The van der Waals surface area contributed by atoms with Gasteiger partial charge in [0.1, 0.15) is 0 Å². The van der Waals surface area contributed by atoms with Gasteiger partial charge >= 0.3 is 6.03 Å². The number of fused-ring (bicyclic) bond motifs is 1. The maximum atomic E-state index is 13.0. The largest absolute Gasteiger partial charge is 0.331 e. The molecule has 2 amide bonds. The highest BCUT2D eigenvalue weighted by Crippen LogP contribution is 2.28. The third-order valence-corrected chi connectivity index (χ3v) is 7.45. The molecule has 0 saturated carbocycles. The molecule has 0 fully saturated rings. The number of hydrogen-bond acceptors (Lipinski definition) is 4. The van der Waals surface area contributed by atoms with Crippen molar-refractivity contribution in [1.82, 2.24) is 10.2 Å². The Balaban J connectivity index is 1.70. The van der Waals surface area contributed by atoms with Crippen molar-refractivity contribution in [2.75, 3.05) is 12.4 Å². The summed E-state index contributed by atoms with van der Waals surface area (Å²) in [4.78, 5) is 14.6. The summed E-state index contributed by atoms with van der Waals surface area (Å²) in [6.07, 6.45) is 5.01. The number of urea groups is 1. The molecular weight excluding hydrogens is 458 g/mol. The van der Waals surface area contributed by atoms with E-state index in [0.29, 0.717) is 5.69 Å². The maximum absolute atomic E-state index is 13.0. The van der Waals surface area contributed by atoms with Crippen LogP contribution in [0.15, 0.2) is 78.3 Å². The predicted octanol–water partition coefficient (Wildman–Crippen LogP) is 5.07. The Kier molecular flexibility index (Phi) is 7.79. The van der Waals surface area contributed by atoms with Gasteiger partial charge in [0.25, 0.3) is 0 Å². The van der Waals surface area contributed by atoms with Crippen LogP contribution in [0.3, 0.4) is 0 Å². The molecule has 2 aromatic rings. The van der Waals surface area contributed by atoms with Crippen molar-refractivity contribution in [3.8, 4) is 0 Å². The SMILES string of the molecule is C=C/C=C(\C=C)C(C)NC(=O)Nc1ccc(S(=O)(=O)Cc2ccc3c(c2)CN(C)C3)cc1Cl. The summed E-state index contributed by atoms with van der Waals surface area (Å²) in [5.41, 5.74) is 4.23. The van der Waals surface area contributed by atoms with Crippen LogP contribution in [-0.2, 0) is 28.7 Å². The highest BCUT2D eigenvalue weighted by atomic mass is 35.5. The van der Waals surface area contributed by atoms with Gasteiger partial charge in [-0.25, -0.2) is 13.2 Å². The second kappa shape index (κ2) is 10.4. The minimum absolute atomic E-state index is 0.104. The molecule has 8 heteroatoms. The van der Waals surface area contributed by atoms with Gasteiger partial charge in [-0.05, 0) is 54.4 Å². The first-order valence-corrected chi connectivity index (χ1v) is 12.5. The Morgan fingerprint density at radius 1 is 1.18 bits per heavy atom. The van der Waals surface area contributed by atoms with Crippen molar-refractivity contribution < 1.29 is 13.2 Å². The minimum Gasteiger partial charge on any atom is -0.331 e. The molecule has 0 spiro atoms. The van der Waals surface area contributed by atoms with Gasteiger partial charge in [-0.3, -0.25) is 4.90 Å². The highest BCUT2D eigenvalue weighted by Gasteiger charge is 2.21. The van der Waals surface area contributed by atoms with Crippen LogP contribution in [0, 0.1) is 0 Å². The molecule has 3 rings (SSSR count). The van der Waals surface area contributed by atoms with Crippen molar-refractivity contribution in [2.24, 2.45) is 0 Å². The third-order valence-electron chi connectivity index (χ3n) is 5.45. The molecule has 1 aliphatic heterocycles. The van der Waals surface area contributed by atoms with Crippen LogP contribution in [0.4, 0.5) is 10.5 Å². The number of nitrogens with zero attached hydrogens (tertiary/aromatic N) is 1. The molecule has 2 N–H and O–H groups in total. The van der Waals surface area contributed by atoms with E-state index in [9.17, 15) is 13.2 Å². The van der Waals surface area contributed by atoms with Crippen LogP contribution < -0.4 is 10.6 Å². The molecule has 0 radical (unpaired) electrons. The van der Waals surface area contributed by atoms with Crippen LogP contribution in [0.2, 0.25) is 5.02 Å². The summed E-state index contributed by atoms with van der Waals surface area (Å²) in [5.74, 6) is -0.120. The molecular formula is C25H28ClN3O3S.